The molecule has 2 heterocycles. The number of piperidine rings is 1. The van der Waals surface area contributed by atoms with E-state index in [0.29, 0.717) is 12.1 Å². The van der Waals surface area contributed by atoms with Gasteiger partial charge < -0.3 is 15.0 Å². The second-order valence-corrected chi connectivity index (χ2v) is 7.67. The standard InChI is InChI=1S/C22H36N4O/c1-4-23-22(25-14-11-21(12-15-25)27-5-2)24-16-18(3)26-13-10-19-8-6-7-9-20(19)17-26/h6-9,18,21H,4-5,10-17H2,1-3H3,(H,23,24). The molecule has 5 nitrogen and oxygen atoms in total. The number of hydrogen-bond acceptors (Lipinski definition) is 3. The van der Waals surface area contributed by atoms with Crippen molar-refractivity contribution in [2.75, 3.05) is 39.3 Å². The molecule has 2 aliphatic heterocycles. The zero-order valence-electron chi connectivity index (χ0n) is 17.3. The number of rotatable bonds is 6. The molecule has 1 atom stereocenters. The smallest absolute Gasteiger partial charge is 0.193 e. The SMILES string of the molecule is CCNC(=NCC(C)N1CCc2ccccc2C1)N1CCC(OCC)CC1. The number of hydrogen-bond donors (Lipinski definition) is 1. The third-order valence-electron chi connectivity index (χ3n) is 5.77. The topological polar surface area (TPSA) is 40.1 Å². The van der Waals surface area contributed by atoms with E-state index >= 15 is 0 Å². The summed E-state index contributed by atoms with van der Waals surface area (Å²) in [6.45, 7) is 13.3. The molecule has 1 saturated heterocycles. The number of ether oxygens (including phenoxy) is 1. The highest BCUT2D eigenvalue weighted by Crippen LogP contribution is 2.20. The highest BCUT2D eigenvalue weighted by atomic mass is 16.5. The van der Waals surface area contributed by atoms with Crippen LogP contribution >= 0.6 is 0 Å². The van der Waals surface area contributed by atoms with Crippen LogP contribution in [0.3, 0.4) is 0 Å². The summed E-state index contributed by atoms with van der Waals surface area (Å²) in [5.41, 5.74) is 2.99. The first kappa shape index (κ1) is 20.2. The zero-order chi connectivity index (χ0) is 19.1. The van der Waals surface area contributed by atoms with Crippen LogP contribution in [0, 0.1) is 0 Å². The molecular formula is C22H36N4O. The van der Waals surface area contributed by atoms with Gasteiger partial charge in [0, 0.05) is 45.4 Å². The van der Waals surface area contributed by atoms with Crippen LogP contribution in [0.5, 0.6) is 0 Å². The minimum absolute atomic E-state index is 0.418. The fraction of sp³-hybridized carbons (Fsp3) is 0.682. The molecule has 0 radical (unpaired) electrons. The van der Waals surface area contributed by atoms with Crippen LogP contribution in [0.1, 0.15) is 44.7 Å². The van der Waals surface area contributed by atoms with E-state index in [2.05, 4.69) is 60.2 Å². The second kappa shape index (κ2) is 10.1. The Morgan fingerprint density at radius 2 is 1.93 bits per heavy atom. The maximum Gasteiger partial charge on any atom is 0.193 e. The minimum Gasteiger partial charge on any atom is -0.378 e. The first-order valence-corrected chi connectivity index (χ1v) is 10.7. The fourth-order valence-corrected chi connectivity index (χ4v) is 4.12. The second-order valence-electron chi connectivity index (χ2n) is 7.67. The van der Waals surface area contributed by atoms with Gasteiger partial charge in [-0.25, -0.2) is 0 Å². The molecule has 2 aliphatic rings. The van der Waals surface area contributed by atoms with E-state index in [1.807, 2.05) is 0 Å². The van der Waals surface area contributed by atoms with Gasteiger partial charge in [-0.05, 0) is 51.2 Å². The molecule has 0 saturated carbocycles. The van der Waals surface area contributed by atoms with Gasteiger partial charge in [-0.2, -0.15) is 0 Å². The Hall–Kier alpha value is -1.59. The van der Waals surface area contributed by atoms with Gasteiger partial charge in [-0.3, -0.25) is 9.89 Å². The van der Waals surface area contributed by atoms with Gasteiger partial charge in [0.25, 0.3) is 0 Å². The summed E-state index contributed by atoms with van der Waals surface area (Å²) in [6.07, 6.45) is 3.75. The molecule has 150 valence electrons. The summed E-state index contributed by atoms with van der Waals surface area (Å²) < 4.78 is 5.78. The summed E-state index contributed by atoms with van der Waals surface area (Å²) >= 11 is 0. The average Bonchev–Trinajstić information content (AvgIpc) is 2.71. The molecule has 5 heteroatoms. The van der Waals surface area contributed by atoms with Crippen LogP contribution in [0.4, 0.5) is 0 Å². The third kappa shape index (κ3) is 5.45. The number of aliphatic imine (C=N–C) groups is 1. The number of guanidine groups is 1. The van der Waals surface area contributed by atoms with Gasteiger partial charge in [0.15, 0.2) is 5.96 Å². The summed E-state index contributed by atoms with van der Waals surface area (Å²) in [5.74, 6) is 1.07. The van der Waals surface area contributed by atoms with Gasteiger partial charge in [-0.1, -0.05) is 24.3 Å². The van der Waals surface area contributed by atoms with Crippen molar-refractivity contribution in [3.8, 4) is 0 Å². The van der Waals surface area contributed by atoms with Crippen molar-refractivity contribution in [2.45, 2.75) is 58.7 Å². The molecule has 0 aromatic heterocycles. The van der Waals surface area contributed by atoms with Crippen LogP contribution in [0.2, 0.25) is 0 Å². The Kier molecular flexibility index (Phi) is 7.53. The van der Waals surface area contributed by atoms with E-state index in [9.17, 15) is 0 Å². The van der Waals surface area contributed by atoms with Crippen molar-refractivity contribution < 1.29 is 4.74 Å². The fourth-order valence-electron chi connectivity index (χ4n) is 4.12. The molecule has 0 spiro atoms. The van der Waals surface area contributed by atoms with E-state index in [4.69, 9.17) is 9.73 Å². The average molecular weight is 373 g/mol. The molecule has 1 fully saturated rings. The van der Waals surface area contributed by atoms with Crippen molar-refractivity contribution >= 4 is 5.96 Å². The predicted octanol–water partition coefficient (Wildman–Crippen LogP) is 2.90. The maximum absolute atomic E-state index is 5.78. The molecule has 0 aliphatic carbocycles. The molecule has 27 heavy (non-hydrogen) atoms. The van der Waals surface area contributed by atoms with Crippen LogP contribution in [0.15, 0.2) is 29.3 Å². The maximum atomic E-state index is 5.78. The van der Waals surface area contributed by atoms with Gasteiger partial charge in [0.2, 0.25) is 0 Å². The van der Waals surface area contributed by atoms with Crippen LogP contribution in [0.25, 0.3) is 0 Å². The molecule has 1 aromatic carbocycles. The zero-order valence-corrected chi connectivity index (χ0v) is 17.3. The normalized spacial score (nSPS) is 20.4. The first-order chi connectivity index (χ1) is 13.2. The lowest BCUT2D eigenvalue weighted by Gasteiger charge is -2.35. The molecule has 1 unspecified atom stereocenters. The highest BCUT2D eigenvalue weighted by Gasteiger charge is 2.23. The number of benzene rings is 1. The summed E-state index contributed by atoms with van der Waals surface area (Å²) in [4.78, 5) is 9.95. The van der Waals surface area contributed by atoms with Crippen molar-refractivity contribution in [1.29, 1.82) is 0 Å². The minimum atomic E-state index is 0.418. The Morgan fingerprint density at radius 3 is 2.63 bits per heavy atom. The van der Waals surface area contributed by atoms with Crippen molar-refractivity contribution in [2.24, 2.45) is 4.99 Å². The van der Waals surface area contributed by atoms with Crippen LogP contribution in [-0.2, 0) is 17.7 Å². The monoisotopic (exact) mass is 372 g/mol. The lowest BCUT2D eigenvalue weighted by Crippen LogP contribution is -2.47. The lowest BCUT2D eigenvalue weighted by atomic mass is 9.99. The van der Waals surface area contributed by atoms with E-state index < -0.39 is 0 Å². The van der Waals surface area contributed by atoms with E-state index in [1.54, 1.807) is 0 Å². The van der Waals surface area contributed by atoms with E-state index in [-0.39, 0.29) is 0 Å². The Bertz CT molecular complexity index is 610. The van der Waals surface area contributed by atoms with Gasteiger partial charge in [0.05, 0.1) is 12.6 Å². The van der Waals surface area contributed by atoms with Crippen molar-refractivity contribution in [1.82, 2.24) is 15.1 Å². The number of fused-ring (bicyclic) bond motifs is 1. The van der Waals surface area contributed by atoms with Crippen molar-refractivity contribution in [3.63, 3.8) is 0 Å². The van der Waals surface area contributed by atoms with Gasteiger partial charge >= 0.3 is 0 Å². The van der Waals surface area contributed by atoms with Gasteiger partial charge in [0.1, 0.15) is 0 Å². The van der Waals surface area contributed by atoms with Gasteiger partial charge in [-0.15, -0.1) is 0 Å². The molecule has 0 bridgehead atoms. The Morgan fingerprint density at radius 1 is 1.19 bits per heavy atom. The summed E-state index contributed by atoms with van der Waals surface area (Å²) in [5, 5.41) is 3.49. The number of likely N-dealkylation sites (tertiary alicyclic amines) is 1. The van der Waals surface area contributed by atoms with Crippen LogP contribution in [-0.4, -0.2) is 67.2 Å². The first-order valence-electron chi connectivity index (χ1n) is 10.7. The molecule has 0 amide bonds. The predicted molar refractivity (Wildman–Crippen MR) is 112 cm³/mol. The third-order valence-corrected chi connectivity index (χ3v) is 5.77. The number of nitrogens with one attached hydrogen (secondary N) is 1. The summed E-state index contributed by atoms with van der Waals surface area (Å²) in [7, 11) is 0. The Balaban J connectivity index is 1.55. The molecule has 1 N–H and O–H groups in total. The largest absolute Gasteiger partial charge is 0.378 e. The van der Waals surface area contributed by atoms with Crippen molar-refractivity contribution in [3.05, 3.63) is 35.4 Å². The molecular weight excluding hydrogens is 336 g/mol. The number of nitrogens with zero attached hydrogens (tertiary/aromatic N) is 3. The van der Waals surface area contributed by atoms with Crippen LogP contribution < -0.4 is 5.32 Å². The van der Waals surface area contributed by atoms with E-state index in [1.165, 1.54) is 11.1 Å². The molecule has 1 aromatic rings. The van der Waals surface area contributed by atoms with E-state index in [0.717, 1.165) is 71.1 Å². The quantitative estimate of drug-likeness (QED) is 0.616. The molecule has 3 rings (SSSR count). The summed E-state index contributed by atoms with van der Waals surface area (Å²) in [6, 6.07) is 9.29. The highest BCUT2D eigenvalue weighted by molar-refractivity contribution is 5.80. The Labute approximate surface area is 164 Å². The lowest BCUT2D eigenvalue weighted by molar-refractivity contribution is 0.0263.